The third kappa shape index (κ3) is 4.04. The molecule has 1 fully saturated rings. The van der Waals surface area contributed by atoms with Gasteiger partial charge in [-0.05, 0) is 38.8 Å². The molecule has 2 heterocycles. The number of amides is 1. The fourth-order valence-corrected chi connectivity index (χ4v) is 3.43. The molecular weight excluding hydrogens is 302 g/mol. The quantitative estimate of drug-likeness (QED) is 0.813. The van der Waals surface area contributed by atoms with Crippen LogP contribution in [0.1, 0.15) is 54.9 Å². The summed E-state index contributed by atoms with van der Waals surface area (Å²) in [6, 6.07) is 0. The Kier molecular flexibility index (Phi) is 5.90. The van der Waals surface area contributed by atoms with Gasteiger partial charge < -0.3 is 15.4 Å². The van der Waals surface area contributed by atoms with Crippen LogP contribution >= 0.6 is 11.3 Å². The number of anilines is 1. The molecule has 0 bridgehead atoms. The second-order valence-corrected chi connectivity index (χ2v) is 6.62. The van der Waals surface area contributed by atoms with Gasteiger partial charge in [0.1, 0.15) is 4.88 Å². The average Bonchev–Trinajstić information content (AvgIpc) is 2.92. The maximum absolute atomic E-state index is 12.3. The first-order chi connectivity index (χ1) is 10.5. The molecule has 1 aromatic heterocycles. The number of aromatic nitrogens is 1. The lowest BCUT2D eigenvalue weighted by Crippen LogP contribution is -2.34. The zero-order valence-corrected chi connectivity index (χ0v) is 14.1. The van der Waals surface area contributed by atoms with Gasteiger partial charge in [0, 0.05) is 5.92 Å². The molecular formula is C15H23N3O3S. The largest absolute Gasteiger partial charge is 0.462 e. The van der Waals surface area contributed by atoms with Gasteiger partial charge in [0.05, 0.1) is 12.3 Å². The van der Waals surface area contributed by atoms with Gasteiger partial charge in [0.2, 0.25) is 5.91 Å². The van der Waals surface area contributed by atoms with Gasteiger partial charge >= 0.3 is 5.97 Å². The maximum atomic E-state index is 12.3. The van der Waals surface area contributed by atoms with Crippen molar-refractivity contribution in [2.24, 2.45) is 5.92 Å². The van der Waals surface area contributed by atoms with Gasteiger partial charge in [-0.1, -0.05) is 25.2 Å². The highest BCUT2D eigenvalue weighted by Crippen LogP contribution is 2.29. The third-order valence-electron chi connectivity index (χ3n) is 3.60. The van der Waals surface area contributed by atoms with Crippen molar-refractivity contribution < 1.29 is 14.3 Å². The molecule has 0 aromatic carbocycles. The Morgan fingerprint density at radius 1 is 1.41 bits per heavy atom. The lowest BCUT2D eigenvalue weighted by Gasteiger charge is -2.21. The van der Waals surface area contributed by atoms with Crippen molar-refractivity contribution in [2.45, 2.75) is 39.5 Å². The number of carbonyl (C=O) groups excluding carboxylic acids is 2. The summed E-state index contributed by atoms with van der Waals surface area (Å²) in [6.45, 7) is 7.76. The van der Waals surface area contributed by atoms with Crippen LogP contribution in [0.4, 0.5) is 5.13 Å². The zero-order chi connectivity index (χ0) is 16.1. The number of thiazole rings is 1. The van der Waals surface area contributed by atoms with Gasteiger partial charge in [-0.3, -0.25) is 4.79 Å². The summed E-state index contributed by atoms with van der Waals surface area (Å²) in [5.41, 5.74) is 0.684. The van der Waals surface area contributed by atoms with Crippen LogP contribution in [0.3, 0.4) is 0 Å². The standard InChI is InChI=1S/C15H23N3O3S/c1-4-21-14(20)12-11(9(2)3)17-15(22-12)18-13(19)10-5-7-16-8-6-10/h9-10,16H,4-8H2,1-3H3,(H,17,18,19). The van der Waals surface area contributed by atoms with E-state index in [-0.39, 0.29) is 23.7 Å². The van der Waals surface area contributed by atoms with E-state index >= 15 is 0 Å². The molecule has 1 amide bonds. The maximum Gasteiger partial charge on any atom is 0.350 e. The molecule has 22 heavy (non-hydrogen) atoms. The first-order valence-electron chi connectivity index (χ1n) is 7.72. The number of ether oxygens (including phenoxy) is 1. The Hall–Kier alpha value is -1.47. The Morgan fingerprint density at radius 3 is 2.68 bits per heavy atom. The molecule has 0 unspecified atom stereocenters. The number of carbonyl (C=O) groups is 2. The van der Waals surface area contributed by atoms with Crippen molar-refractivity contribution in [1.82, 2.24) is 10.3 Å². The van der Waals surface area contributed by atoms with Gasteiger partial charge in [0.25, 0.3) is 0 Å². The number of hydrogen-bond acceptors (Lipinski definition) is 6. The summed E-state index contributed by atoms with van der Waals surface area (Å²) in [4.78, 5) is 29.2. The average molecular weight is 325 g/mol. The monoisotopic (exact) mass is 325 g/mol. The van der Waals surface area contributed by atoms with Crippen LogP contribution in [0.5, 0.6) is 0 Å². The van der Waals surface area contributed by atoms with E-state index in [0.717, 1.165) is 25.9 Å². The van der Waals surface area contributed by atoms with E-state index < -0.39 is 0 Å². The fraction of sp³-hybridized carbons (Fsp3) is 0.667. The highest BCUT2D eigenvalue weighted by molar-refractivity contribution is 7.17. The second-order valence-electron chi connectivity index (χ2n) is 5.62. The number of esters is 1. The zero-order valence-electron chi connectivity index (χ0n) is 13.3. The lowest BCUT2D eigenvalue weighted by molar-refractivity contribution is -0.120. The molecule has 1 aromatic rings. The van der Waals surface area contributed by atoms with E-state index in [2.05, 4.69) is 15.6 Å². The Morgan fingerprint density at radius 2 is 2.09 bits per heavy atom. The van der Waals surface area contributed by atoms with Crippen molar-refractivity contribution in [3.8, 4) is 0 Å². The molecule has 1 saturated heterocycles. The fourth-order valence-electron chi connectivity index (χ4n) is 2.41. The highest BCUT2D eigenvalue weighted by atomic mass is 32.1. The van der Waals surface area contributed by atoms with E-state index in [4.69, 9.17) is 4.74 Å². The van der Waals surface area contributed by atoms with Crippen LogP contribution in [0.25, 0.3) is 0 Å². The van der Waals surface area contributed by atoms with Crippen LogP contribution < -0.4 is 10.6 Å². The van der Waals surface area contributed by atoms with Crippen molar-refractivity contribution >= 4 is 28.3 Å². The minimum atomic E-state index is -0.369. The molecule has 2 rings (SSSR count). The van der Waals surface area contributed by atoms with E-state index in [1.807, 2.05) is 13.8 Å². The van der Waals surface area contributed by atoms with Gasteiger partial charge in [-0.25, -0.2) is 9.78 Å². The van der Waals surface area contributed by atoms with E-state index in [0.29, 0.717) is 22.3 Å². The van der Waals surface area contributed by atoms with E-state index in [1.165, 1.54) is 11.3 Å². The van der Waals surface area contributed by atoms with Crippen LogP contribution in [-0.2, 0) is 9.53 Å². The van der Waals surface area contributed by atoms with E-state index in [1.54, 1.807) is 6.92 Å². The molecule has 122 valence electrons. The topological polar surface area (TPSA) is 80.3 Å². The normalized spacial score (nSPS) is 15.8. The summed E-state index contributed by atoms with van der Waals surface area (Å²) >= 11 is 1.19. The molecule has 0 aliphatic carbocycles. The van der Waals surface area contributed by atoms with Crippen molar-refractivity contribution in [3.63, 3.8) is 0 Å². The van der Waals surface area contributed by atoms with E-state index in [9.17, 15) is 9.59 Å². The molecule has 2 N–H and O–H groups in total. The molecule has 0 spiro atoms. The SMILES string of the molecule is CCOC(=O)c1sc(NC(=O)C2CCNCC2)nc1C(C)C. The summed E-state index contributed by atoms with van der Waals surface area (Å²) in [5.74, 6) is -0.272. The van der Waals surface area contributed by atoms with Gasteiger partial charge in [-0.15, -0.1) is 0 Å². The first kappa shape index (κ1) is 16.9. The van der Waals surface area contributed by atoms with Crippen LogP contribution in [0.2, 0.25) is 0 Å². The highest BCUT2D eigenvalue weighted by Gasteiger charge is 2.25. The Balaban J connectivity index is 2.12. The van der Waals surface area contributed by atoms with Crippen LogP contribution in [0, 0.1) is 5.92 Å². The summed E-state index contributed by atoms with van der Waals surface area (Å²) in [5, 5.41) is 6.58. The number of rotatable bonds is 5. The Bertz CT molecular complexity index is 536. The second kappa shape index (κ2) is 7.69. The number of nitrogens with one attached hydrogen (secondary N) is 2. The number of nitrogens with zero attached hydrogens (tertiary/aromatic N) is 1. The van der Waals surface area contributed by atoms with Crippen LogP contribution in [-0.4, -0.2) is 36.6 Å². The molecule has 1 aliphatic rings. The smallest absolute Gasteiger partial charge is 0.350 e. The van der Waals surface area contributed by atoms with Crippen molar-refractivity contribution in [1.29, 1.82) is 0 Å². The molecule has 6 nitrogen and oxygen atoms in total. The molecule has 7 heteroatoms. The third-order valence-corrected chi connectivity index (χ3v) is 4.57. The summed E-state index contributed by atoms with van der Waals surface area (Å²) in [7, 11) is 0. The Labute approximate surface area is 134 Å². The molecule has 0 saturated carbocycles. The van der Waals surface area contributed by atoms with Crippen molar-refractivity contribution in [3.05, 3.63) is 10.6 Å². The van der Waals surface area contributed by atoms with Crippen LogP contribution in [0.15, 0.2) is 0 Å². The minimum Gasteiger partial charge on any atom is -0.462 e. The van der Waals surface area contributed by atoms with Gasteiger partial charge in [-0.2, -0.15) is 0 Å². The summed E-state index contributed by atoms with van der Waals surface area (Å²) < 4.78 is 5.06. The minimum absolute atomic E-state index is 0.0127. The predicted molar refractivity (Wildman–Crippen MR) is 86.4 cm³/mol. The molecule has 1 aliphatic heterocycles. The summed E-state index contributed by atoms with van der Waals surface area (Å²) in [6.07, 6.45) is 1.66. The lowest BCUT2D eigenvalue weighted by atomic mass is 9.97. The predicted octanol–water partition coefficient (Wildman–Crippen LogP) is 2.38. The first-order valence-corrected chi connectivity index (χ1v) is 8.54. The molecule has 0 atom stereocenters. The van der Waals surface area contributed by atoms with Gasteiger partial charge in [0.15, 0.2) is 5.13 Å². The number of piperidine rings is 1. The molecule has 0 radical (unpaired) electrons. The van der Waals surface area contributed by atoms with Crippen molar-refractivity contribution in [2.75, 3.05) is 25.0 Å². The number of hydrogen-bond donors (Lipinski definition) is 2.